The van der Waals surface area contributed by atoms with Crippen LogP contribution >= 0.6 is 11.8 Å². The molecule has 236 valence electrons. The minimum atomic E-state index is -0.432. The van der Waals surface area contributed by atoms with E-state index in [0.717, 1.165) is 44.1 Å². The lowest BCUT2D eigenvalue weighted by Crippen LogP contribution is -2.62. The molecule has 43 heavy (non-hydrogen) atoms. The van der Waals surface area contributed by atoms with Gasteiger partial charge in [0, 0.05) is 35.5 Å². The van der Waals surface area contributed by atoms with Crippen molar-refractivity contribution < 1.29 is 23.9 Å². The normalized spacial score (nSPS) is 38.2. The number of fused-ring (bicyclic) bond motifs is 7. The number of thioether (sulfide) groups is 1. The average molecular weight is 609 g/mol. The average Bonchev–Trinajstić information content (AvgIpc) is 2.89. The van der Waals surface area contributed by atoms with Gasteiger partial charge in [-0.3, -0.25) is 14.4 Å². The lowest BCUT2D eigenvalue weighted by atomic mass is 9.34. The SMILES string of the molecule is CC(=O)Oc1cc2c(c(C)c1OC(C)=O)C(SC(C)C)C=C1[C@@]2(C)CC[C@@]2(C)[C@@H]3C[C@](C)(C(C)=O)CC[C@]3(C)CC[C@]12C. The van der Waals surface area contributed by atoms with Crippen LogP contribution < -0.4 is 9.47 Å². The fourth-order valence-corrected chi connectivity index (χ4v) is 11.1. The molecule has 0 N–H and O–H groups in total. The van der Waals surface area contributed by atoms with Gasteiger partial charge in [-0.15, -0.1) is 11.8 Å². The van der Waals surface area contributed by atoms with Crippen molar-refractivity contribution in [3.8, 4) is 11.5 Å². The summed E-state index contributed by atoms with van der Waals surface area (Å²) in [5.41, 5.74) is 4.51. The number of ether oxygens (including phenoxy) is 2. The molecule has 0 radical (unpaired) electrons. The number of ketones is 1. The highest BCUT2D eigenvalue weighted by atomic mass is 32.2. The molecule has 4 aliphatic carbocycles. The van der Waals surface area contributed by atoms with Gasteiger partial charge in [0.25, 0.3) is 0 Å². The molecule has 0 aromatic heterocycles. The number of hydrogen-bond acceptors (Lipinski definition) is 6. The van der Waals surface area contributed by atoms with Gasteiger partial charge in [-0.05, 0) is 103 Å². The van der Waals surface area contributed by atoms with E-state index in [-0.39, 0.29) is 32.3 Å². The molecule has 5 nitrogen and oxygen atoms in total. The van der Waals surface area contributed by atoms with Crippen LogP contribution in [0.25, 0.3) is 0 Å². The Labute approximate surface area is 263 Å². The maximum atomic E-state index is 13.0. The summed E-state index contributed by atoms with van der Waals surface area (Å²) in [6.45, 7) is 23.2. The van der Waals surface area contributed by atoms with Crippen LogP contribution in [0.15, 0.2) is 17.7 Å². The second-order valence-electron chi connectivity index (χ2n) is 15.8. The molecular weight excluding hydrogens is 556 g/mol. The summed E-state index contributed by atoms with van der Waals surface area (Å²) in [7, 11) is 0. The first kappa shape index (κ1) is 32.3. The fraction of sp³-hybridized carbons (Fsp3) is 0.703. The van der Waals surface area contributed by atoms with Crippen molar-refractivity contribution in [1.82, 2.24) is 0 Å². The molecule has 0 bridgehead atoms. The summed E-state index contributed by atoms with van der Waals surface area (Å²) in [6.07, 6.45) is 9.99. The first-order chi connectivity index (χ1) is 19.8. The van der Waals surface area contributed by atoms with E-state index in [0.29, 0.717) is 28.5 Å². The van der Waals surface area contributed by atoms with Gasteiger partial charge >= 0.3 is 11.9 Å². The molecule has 7 atom stereocenters. The summed E-state index contributed by atoms with van der Waals surface area (Å²) in [5.74, 6) is 0.616. The lowest BCUT2D eigenvalue weighted by Gasteiger charge is -2.70. The van der Waals surface area contributed by atoms with Crippen molar-refractivity contribution in [2.45, 2.75) is 137 Å². The van der Waals surface area contributed by atoms with Crippen molar-refractivity contribution in [3.05, 3.63) is 34.4 Å². The van der Waals surface area contributed by atoms with Crippen LogP contribution in [0, 0.1) is 34.5 Å². The zero-order chi connectivity index (χ0) is 31.9. The number of benzene rings is 1. The monoisotopic (exact) mass is 608 g/mol. The van der Waals surface area contributed by atoms with Crippen LogP contribution in [-0.2, 0) is 19.8 Å². The number of rotatable bonds is 5. The number of carbonyl (C=O) groups excluding carboxylic acids is 3. The van der Waals surface area contributed by atoms with Crippen LogP contribution in [0.2, 0.25) is 0 Å². The second kappa shape index (κ2) is 10.5. The zero-order valence-corrected chi connectivity index (χ0v) is 29.1. The summed E-state index contributed by atoms with van der Waals surface area (Å²) in [6, 6.07) is 2.01. The fourth-order valence-electron chi connectivity index (χ4n) is 9.89. The Morgan fingerprint density at radius 1 is 0.884 bits per heavy atom. The maximum Gasteiger partial charge on any atom is 0.308 e. The van der Waals surface area contributed by atoms with Gasteiger partial charge in [0.05, 0.1) is 0 Å². The molecule has 3 fully saturated rings. The highest BCUT2D eigenvalue weighted by molar-refractivity contribution is 8.00. The van der Waals surface area contributed by atoms with E-state index in [1.165, 1.54) is 37.0 Å². The van der Waals surface area contributed by atoms with Crippen LogP contribution in [-0.4, -0.2) is 23.0 Å². The molecule has 0 saturated heterocycles. The Kier molecular flexibility index (Phi) is 7.88. The van der Waals surface area contributed by atoms with Crippen molar-refractivity contribution in [2.24, 2.45) is 27.6 Å². The van der Waals surface area contributed by atoms with Crippen LogP contribution in [0.1, 0.15) is 136 Å². The molecule has 1 aromatic carbocycles. The topological polar surface area (TPSA) is 69.7 Å². The molecule has 0 aliphatic heterocycles. The Bertz CT molecular complexity index is 1410. The predicted molar refractivity (Wildman–Crippen MR) is 174 cm³/mol. The zero-order valence-electron chi connectivity index (χ0n) is 28.3. The van der Waals surface area contributed by atoms with Crippen LogP contribution in [0.5, 0.6) is 11.5 Å². The first-order valence-corrected chi connectivity index (χ1v) is 17.2. The summed E-state index contributed by atoms with van der Waals surface area (Å²) >= 11 is 1.93. The van der Waals surface area contributed by atoms with Gasteiger partial charge in [-0.2, -0.15) is 0 Å². The molecule has 4 aliphatic rings. The summed E-state index contributed by atoms with van der Waals surface area (Å²) in [5, 5.41) is 0.468. The number of allylic oxidation sites excluding steroid dienone is 1. The van der Waals surface area contributed by atoms with E-state index in [1.54, 1.807) is 6.92 Å². The molecule has 0 spiro atoms. The minimum Gasteiger partial charge on any atom is -0.423 e. The van der Waals surface area contributed by atoms with E-state index in [9.17, 15) is 14.4 Å². The molecule has 1 unspecified atom stereocenters. The number of hydrogen-bond donors (Lipinski definition) is 0. The largest absolute Gasteiger partial charge is 0.423 e. The number of carbonyl (C=O) groups is 3. The molecule has 6 heteroatoms. The van der Waals surface area contributed by atoms with E-state index in [1.807, 2.05) is 24.8 Å². The quantitative estimate of drug-likeness (QED) is 0.189. The maximum absolute atomic E-state index is 13.0. The highest BCUT2D eigenvalue weighted by Crippen LogP contribution is 2.75. The van der Waals surface area contributed by atoms with Crippen LogP contribution in [0.4, 0.5) is 0 Å². The second-order valence-corrected chi connectivity index (χ2v) is 17.5. The summed E-state index contributed by atoms with van der Waals surface area (Å²) < 4.78 is 11.5. The molecule has 0 amide bonds. The number of Topliss-reactive ketones (excluding diaryl/α,β-unsaturated/α-hetero) is 1. The molecular formula is C37H52O5S. The van der Waals surface area contributed by atoms with Gasteiger partial charge in [0.1, 0.15) is 5.78 Å². The Balaban J connectivity index is 1.72. The van der Waals surface area contributed by atoms with E-state index in [2.05, 4.69) is 54.5 Å². The third kappa shape index (κ3) is 4.84. The van der Waals surface area contributed by atoms with Crippen molar-refractivity contribution in [3.63, 3.8) is 0 Å². The van der Waals surface area contributed by atoms with Crippen LogP contribution in [0.3, 0.4) is 0 Å². The van der Waals surface area contributed by atoms with Gasteiger partial charge in [0.2, 0.25) is 0 Å². The van der Waals surface area contributed by atoms with Crippen molar-refractivity contribution in [1.29, 1.82) is 0 Å². The molecule has 3 saturated carbocycles. The van der Waals surface area contributed by atoms with E-state index in [4.69, 9.17) is 9.47 Å². The Hall–Kier alpha value is -2.08. The third-order valence-electron chi connectivity index (χ3n) is 12.8. The van der Waals surface area contributed by atoms with Crippen molar-refractivity contribution in [2.75, 3.05) is 0 Å². The van der Waals surface area contributed by atoms with Gasteiger partial charge in [-0.1, -0.05) is 60.1 Å². The molecule has 5 rings (SSSR count). The third-order valence-corrected chi connectivity index (χ3v) is 14.0. The van der Waals surface area contributed by atoms with E-state index >= 15 is 0 Å². The first-order valence-electron chi connectivity index (χ1n) is 16.3. The minimum absolute atomic E-state index is 0.0449. The standard InChI is InChI=1S/C37H52O5S/c1-21(2)43-28-19-29-35(9,26-18-27(41-24(5)39)32(42-25(6)40)22(3)31(26)28)15-17-37(11)30-20-34(8,23(4)38)13-12-33(30,7)14-16-36(29,37)10/h18-19,21,28,30H,12-17,20H2,1-11H3/t28?,30-,33-,34-,35+,36-,37+/m1/s1. The van der Waals surface area contributed by atoms with Crippen molar-refractivity contribution >= 4 is 29.5 Å². The highest BCUT2D eigenvalue weighted by Gasteiger charge is 2.67. The van der Waals surface area contributed by atoms with E-state index < -0.39 is 11.9 Å². The Morgan fingerprint density at radius 2 is 1.51 bits per heavy atom. The molecule has 1 aromatic rings. The predicted octanol–water partition coefficient (Wildman–Crippen LogP) is 9.23. The smallest absolute Gasteiger partial charge is 0.308 e. The lowest BCUT2D eigenvalue weighted by molar-refractivity contribution is -0.165. The summed E-state index contributed by atoms with van der Waals surface area (Å²) in [4.78, 5) is 37.4. The Morgan fingerprint density at radius 3 is 2.09 bits per heavy atom. The van der Waals surface area contributed by atoms with Gasteiger partial charge < -0.3 is 9.47 Å². The van der Waals surface area contributed by atoms with Gasteiger partial charge in [-0.25, -0.2) is 0 Å². The number of esters is 2. The van der Waals surface area contributed by atoms with Gasteiger partial charge in [0.15, 0.2) is 11.5 Å². The molecule has 0 heterocycles.